The Bertz CT molecular complexity index is 1250. The molecule has 1 N–H and O–H groups in total. The zero-order valence-corrected chi connectivity index (χ0v) is 24.7. The van der Waals surface area contributed by atoms with Crippen LogP contribution in [0.4, 0.5) is 18.9 Å². The third-order valence-electron chi connectivity index (χ3n) is 6.83. The van der Waals surface area contributed by atoms with E-state index in [0.29, 0.717) is 18.5 Å². The molecule has 0 aliphatic carbocycles. The second-order valence-electron chi connectivity index (χ2n) is 10.8. The minimum atomic E-state index is -2.89. The summed E-state index contributed by atoms with van der Waals surface area (Å²) in [6.07, 6.45) is 4.16. The molecule has 0 unspecified atom stereocenters. The van der Waals surface area contributed by atoms with Crippen molar-refractivity contribution in [2.75, 3.05) is 25.5 Å². The van der Waals surface area contributed by atoms with Crippen LogP contribution in [0.15, 0.2) is 96.3 Å². The molecule has 2 aromatic carbocycles. The quantitative estimate of drug-likeness (QED) is 0.272. The van der Waals surface area contributed by atoms with Gasteiger partial charge < -0.3 is 10.2 Å². The van der Waals surface area contributed by atoms with Crippen LogP contribution in [0.3, 0.4) is 0 Å². The van der Waals surface area contributed by atoms with Gasteiger partial charge in [-0.1, -0.05) is 61.7 Å². The first-order valence-electron chi connectivity index (χ1n) is 13.1. The van der Waals surface area contributed by atoms with E-state index in [1.54, 1.807) is 26.0 Å². The van der Waals surface area contributed by atoms with Gasteiger partial charge in [0.1, 0.15) is 5.67 Å². The van der Waals surface area contributed by atoms with Gasteiger partial charge >= 0.3 is 0 Å². The number of nitrogens with zero attached hydrogens (tertiary/aromatic N) is 1. The van der Waals surface area contributed by atoms with Gasteiger partial charge in [-0.15, -0.1) is 0 Å². The monoisotopic (exact) mass is 536 g/mol. The van der Waals surface area contributed by atoms with Crippen LogP contribution in [0.1, 0.15) is 64.7 Å². The van der Waals surface area contributed by atoms with Crippen molar-refractivity contribution in [2.24, 2.45) is 0 Å². The summed E-state index contributed by atoms with van der Waals surface area (Å²) in [4.78, 5) is 2.04. The van der Waals surface area contributed by atoms with Gasteiger partial charge in [0.2, 0.25) is 0 Å². The summed E-state index contributed by atoms with van der Waals surface area (Å²) < 4.78 is 42.2. The number of nitrogens with one attached hydrogen (secondary N) is 1. The van der Waals surface area contributed by atoms with Gasteiger partial charge in [-0.2, -0.15) is 0 Å². The van der Waals surface area contributed by atoms with Crippen LogP contribution in [0.2, 0.25) is 0 Å². The topological polar surface area (TPSA) is 15.3 Å². The molecule has 2 aromatic rings. The molecule has 5 heteroatoms. The number of alkyl halides is 3. The molecule has 0 saturated carbocycles. The zero-order valence-electron chi connectivity index (χ0n) is 24.7. The molecule has 0 fully saturated rings. The van der Waals surface area contributed by atoms with E-state index in [-0.39, 0.29) is 5.56 Å². The lowest BCUT2D eigenvalue weighted by atomic mass is 9.90. The Morgan fingerprint density at radius 1 is 0.897 bits per heavy atom. The van der Waals surface area contributed by atoms with E-state index in [1.165, 1.54) is 12.1 Å². The van der Waals surface area contributed by atoms with Crippen LogP contribution in [0.5, 0.6) is 0 Å². The van der Waals surface area contributed by atoms with E-state index in [0.717, 1.165) is 51.7 Å². The lowest BCUT2D eigenvalue weighted by Crippen LogP contribution is -2.22. The third-order valence-corrected chi connectivity index (χ3v) is 6.83. The summed E-state index contributed by atoms with van der Waals surface area (Å²) in [6, 6.07) is 14.5. The van der Waals surface area contributed by atoms with Crippen molar-refractivity contribution in [3.05, 3.63) is 113 Å². The molecule has 39 heavy (non-hydrogen) atoms. The number of anilines is 1. The SMILES string of the molecule is C=C(NC/C(C)=C(/C=C\C)C(C)(C)F)/C(C)=C(/CC(=C)c1ccc(C(C)(F)F)cc1)c1ccc(N(C)C)cc1. The number of halogens is 3. The van der Waals surface area contributed by atoms with Gasteiger partial charge in [-0.05, 0) is 92.2 Å². The number of rotatable bonds is 12. The smallest absolute Gasteiger partial charge is 0.270 e. The largest absolute Gasteiger partial charge is 0.382 e. The molecule has 0 aromatic heterocycles. The Labute approximate surface area is 233 Å². The zero-order chi connectivity index (χ0) is 29.5. The lowest BCUT2D eigenvalue weighted by Gasteiger charge is -2.22. The first-order valence-corrected chi connectivity index (χ1v) is 13.1. The predicted molar refractivity (Wildman–Crippen MR) is 163 cm³/mol. The van der Waals surface area contributed by atoms with E-state index in [1.807, 2.05) is 51.9 Å². The first kappa shape index (κ1) is 31.7. The number of hydrogen-bond donors (Lipinski definition) is 1. The average Bonchev–Trinajstić information content (AvgIpc) is 2.87. The highest BCUT2D eigenvalue weighted by molar-refractivity contribution is 5.82. The summed E-state index contributed by atoms with van der Waals surface area (Å²) >= 11 is 0. The van der Waals surface area contributed by atoms with Gasteiger partial charge in [0, 0.05) is 44.5 Å². The maximum atomic E-state index is 14.8. The molecule has 0 radical (unpaired) electrons. The molecule has 0 heterocycles. The second-order valence-corrected chi connectivity index (χ2v) is 10.8. The Hall–Kier alpha value is -3.47. The van der Waals surface area contributed by atoms with Crippen molar-refractivity contribution in [1.29, 1.82) is 0 Å². The van der Waals surface area contributed by atoms with Crippen molar-refractivity contribution in [2.45, 2.75) is 59.6 Å². The molecule has 0 aliphatic rings. The fraction of sp³-hybridized carbons (Fsp3) is 0.353. The van der Waals surface area contributed by atoms with E-state index >= 15 is 0 Å². The van der Waals surface area contributed by atoms with E-state index in [4.69, 9.17) is 0 Å². The second kappa shape index (κ2) is 13.1. The van der Waals surface area contributed by atoms with Crippen LogP contribution in [0.25, 0.3) is 11.1 Å². The van der Waals surface area contributed by atoms with Gasteiger partial charge in [-0.25, -0.2) is 13.2 Å². The molecule has 0 saturated heterocycles. The van der Waals surface area contributed by atoms with Gasteiger partial charge in [0.15, 0.2) is 0 Å². The van der Waals surface area contributed by atoms with Crippen molar-refractivity contribution in [1.82, 2.24) is 5.32 Å². The third kappa shape index (κ3) is 8.77. The fourth-order valence-electron chi connectivity index (χ4n) is 4.39. The van der Waals surface area contributed by atoms with Gasteiger partial charge in [0.25, 0.3) is 5.92 Å². The highest BCUT2D eigenvalue weighted by atomic mass is 19.3. The van der Waals surface area contributed by atoms with Gasteiger partial charge in [-0.3, -0.25) is 0 Å². The van der Waals surface area contributed by atoms with Crippen molar-refractivity contribution < 1.29 is 13.2 Å². The van der Waals surface area contributed by atoms with E-state index < -0.39 is 11.6 Å². The van der Waals surface area contributed by atoms with Crippen LogP contribution in [0, 0.1) is 0 Å². The fourth-order valence-corrected chi connectivity index (χ4v) is 4.39. The Balaban J connectivity index is 2.43. The molecule has 0 aliphatic heterocycles. The molecule has 0 atom stereocenters. The molecule has 210 valence electrons. The van der Waals surface area contributed by atoms with Crippen LogP contribution >= 0.6 is 0 Å². The van der Waals surface area contributed by atoms with Crippen LogP contribution in [-0.2, 0) is 5.92 Å². The van der Waals surface area contributed by atoms with E-state index in [9.17, 15) is 13.2 Å². The number of benzene rings is 2. The normalized spacial score (nSPS) is 13.6. The minimum absolute atomic E-state index is 0.0278. The maximum absolute atomic E-state index is 14.8. The predicted octanol–water partition coefficient (Wildman–Crippen LogP) is 9.49. The summed E-state index contributed by atoms with van der Waals surface area (Å²) in [6.45, 7) is 18.8. The molecule has 0 bridgehead atoms. The molecular formula is C34H43F3N2. The summed E-state index contributed by atoms with van der Waals surface area (Å²) in [5.74, 6) is -2.89. The number of allylic oxidation sites excluding steroid dienone is 6. The van der Waals surface area contributed by atoms with Crippen molar-refractivity contribution in [3.8, 4) is 0 Å². The minimum Gasteiger partial charge on any atom is -0.382 e. The molecule has 0 amide bonds. The molecule has 0 spiro atoms. The Morgan fingerprint density at radius 3 is 1.90 bits per heavy atom. The molecular weight excluding hydrogens is 493 g/mol. The van der Waals surface area contributed by atoms with Gasteiger partial charge in [0.05, 0.1) is 0 Å². The average molecular weight is 537 g/mol. The lowest BCUT2D eigenvalue weighted by molar-refractivity contribution is 0.0175. The first-order chi connectivity index (χ1) is 18.1. The Kier molecular flexibility index (Phi) is 10.6. The molecule has 2 nitrogen and oxygen atoms in total. The standard InChI is InChI=1S/C34H43F3N2/c1-11-12-32(33(6,7)35)24(3)22-38-26(5)25(4)31(28-15-19-30(20-16-28)39(9)10)21-23(2)27-13-17-29(18-14-27)34(8,36)37/h11-20,38H,2,5,21-22H2,1,3-4,6-10H3/b12-11-,31-25-,32-24-. The maximum Gasteiger partial charge on any atom is 0.270 e. The summed E-state index contributed by atoms with van der Waals surface area (Å²) in [7, 11) is 3.98. The highest BCUT2D eigenvalue weighted by Crippen LogP contribution is 2.34. The van der Waals surface area contributed by atoms with Crippen LogP contribution < -0.4 is 10.2 Å². The molecule has 2 rings (SSSR count). The van der Waals surface area contributed by atoms with Crippen molar-refractivity contribution in [3.63, 3.8) is 0 Å². The highest BCUT2D eigenvalue weighted by Gasteiger charge is 2.24. The van der Waals surface area contributed by atoms with Crippen molar-refractivity contribution >= 4 is 16.8 Å². The Morgan fingerprint density at radius 2 is 1.44 bits per heavy atom. The van der Waals surface area contributed by atoms with Crippen LogP contribution in [-0.4, -0.2) is 26.3 Å². The summed E-state index contributed by atoms with van der Waals surface area (Å²) in [5, 5.41) is 3.38. The summed E-state index contributed by atoms with van der Waals surface area (Å²) in [5.41, 5.74) is 6.45. The van der Waals surface area contributed by atoms with E-state index in [2.05, 4.69) is 42.7 Å². The number of hydrogen-bond acceptors (Lipinski definition) is 2.